The van der Waals surface area contributed by atoms with Crippen molar-refractivity contribution in [2.75, 3.05) is 33.9 Å². The van der Waals surface area contributed by atoms with Crippen molar-refractivity contribution in [2.45, 2.75) is 187 Å². The molecule has 0 aliphatic rings. The smallest absolute Gasteiger partial charge is 0.376 e. The summed E-state index contributed by atoms with van der Waals surface area (Å²) in [6.45, 7) is 7.38. The molecule has 1 unspecified atom stereocenters. The van der Waals surface area contributed by atoms with Gasteiger partial charge in [-0.15, -0.1) is 0 Å². The van der Waals surface area contributed by atoms with E-state index in [9.17, 15) is 18.4 Å². The van der Waals surface area contributed by atoms with Crippen molar-refractivity contribution in [1.82, 2.24) is 9.96 Å². The monoisotopic (exact) mass is 633 g/mol. The summed E-state index contributed by atoms with van der Waals surface area (Å²) in [4.78, 5) is 33.3. The second-order valence-electron chi connectivity index (χ2n) is 12.9. The highest BCUT2D eigenvalue weighted by atomic mass is 19.3. The summed E-state index contributed by atoms with van der Waals surface area (Å²) in [5.74, 6) is -4.78. The minimum absolute atomic E-state index is 0.00696. The number of carbonyl (C=O) groups excluding carboxylic acids is 2. The maximum atomic E-state index is 14.0. The van der Waals surface area contributed by atoms with Crippen LogP contribution in [0.4, 0.5) is 8.78 Å². The molecule has 8 heteroatoms. The molecule has 0 heterocycles. The van der Waals surface area contributed by atoms with Crippen LogP contribution in [-0.2, 0) is 19.2 Å². The largest absolute Gasteiger partial charge is 0.462 e. The Morgan fingerprint density at radius 1 is 0.659 bits per heavy atom. The van der Waals surface area contributed by atoms with E-state index in [1.807, 2.05) is 14.1 Å². The number of unbranched alkanes of at least 4 members (excludes halogenated alkanes) is 16. The summed E-state index contributed by atoms with van der Waals surface area (Å²) < 4.78 is 32.5. The number of esters is 1. The first kappa shape index (κ1) is 42.7. The zero-order valence-corrected chi connectivity index (χ0v) is 29.5. The quantitative estimate of drug-likeness (QED) is 0.0420. The van der Waals surface area contributed by atoms with Gasteiger partial charge in [0.2, 0.25) is 5.91 Å². The minimum Gasteiger partial charge on any atom is -0.462 e. The summed E-state index contributed by atoms with van der Waals surface area (Å²) in [7, 11) is 4.04. The standard InChI is InChI=1S/C36H70F2N2O4/c1-6-9-11-13-15-17-21-25-32-44-40(34(41)29-26-31-39(4)5)33(27-22-18-16-14-12-10-7-2)28-23-19-20-24-30-36(37,38)35(42)43-8-3/h33H,6-32H2,1-5H3. The van der Waals surface area contributed by atoms with Crippen molar-refractivity contribution in [3.05, 3.63) is 0 Å². The molecule has 6 nitrogen and oxygen atoms in total. The lowest BCUT2D eigenvalue weighted by molar-refractivity contribution is -0.203. The zero-order chi connectivity index (χ0) is 32.9. The number of hydroxylamine groups is 2. The predicted molar refractivity (Wildman–Crippen MR) is 179 cm³/mol. The Balaban J connectivity index is 5.07. The molecule has 0 saturated carbocycles. The van der Waals surface area contributed by atoms with Gasteiger partial charge in [0.1, 0.15) is 0 Å². The second kappa shape index (κ2) is 29.1. The molecule has 0 aliphatic carbocycles. The third kappa shape index (κ3) is 24.0. The summed E-state index contributed by atoms with van der Waals surface area (Å²) >= 11 is 0. The Morgan fingerprint density at radius 2 is 1.14 bits per heavy atom. The maximum Gasteiger partial charge on any atom is 0.376 e. The number of carbonyl (C=O) groups is 2. The van der Waals surface area contributed by atoms with Gasteiger partial charge < -0.3 is 9.64 Å². The molecule has 0 bridgehead atoms. The van der Waals surface area contributed by atoms with E-state index in [0.29, 0.717) is 19.4 Å². The first-order chi connectivity index (χ1) is 21.2. The molecule has 0 spiro atoms. The molecule has 0 aromatic heterocycles. The van der Waals surface area contributed by atoms with Crippen LogP contribution >= 0.6 is 0 Å². The molecule has 0 fully saturated rings. The Bertz CT molecular complexity index is 679. The molecular weight excluding hydrogens is 562 g/mol. The van der Waals surface area contributed by atoms with Crippen molar-refractivity contribution < 1.29 is 27.9 Å². The average Bonchev–Trinajstić information content (AvgIpc) is 2.98. The van der Waals surface area contributed by atoms with Gasteiger partial charge in [0, 0.05) is 12.8 Å². The Kier molecular flexibility index (Phi) is 28.3. The first-order valence-corrected chi connectivity index (χ1v) is 18.3. The molecule has 44 heavy (non-hydrogen) atoms. The SMILES string of the molecule is CCCCCCCCCCON(C(=O)CCCN(C)C)C(CCCCCCCCC)CCCCCCC(F)(F)C(=O)OCC. The van der Waals surface area contributed by atoms with Gasteiger partial charge in [0.25, 0.3) is 0 Å². The Hall–Kier alpha value is -1.28. The van der Waals surface area contributed by atoms with Gasteiger partial charge in [0.05, 0.1) is 19.3 Å². The highest BCUT2D eigenvalue weighted by molar-refractivity contribution is 5.77. The highest BCUT2D eigenvalue weighted by Gasteiger charge is 2.39. The fraction of sp³-hybridized carbons (Fsp3) is 0.944. The lowest BCUT2D eigenvalue weighted by Gasteiger charge is -2.31. The summed E-state index contributed by atoms with van der Waals surface area (Å²) in [6.07, 6.45) is 23.3. The number of hydrogen-bond acceptors (Lipinski definition) is 5. The maximum absolute atomic E-state index is 14.0. The van der Waals surface area contributed by atoms with Crippen molar-refractivity contribution in [3.8, 4) is 0 Å². The highest BCUT2D eigenvalue weighted by Crippen LogP contribution is 2.25. The van der Waals surface area contributed by atoms with Gasteiger partial charge in [-0.3, -0.25) is 9.63 Å². The van der Waals surface area contributed by atoms with E-state index in [-0.39, 0.29) is 25.0 Å². The number of nitrogens with zero attached hydrogens (tertiary/aromatic N) is 2. The molecule has 262 valence electrons. The summed E-state index contributed by atoms with van der Waals surface area (Å²) in [5.41, 5.74) is 0. The van der Waals surface area contributed by atoms with Crippen molar-refractivity contribution in [3.63, 3.8) is 0 Å². The van der Waals surface area contributed by atoms with Gasteiger partial charge >= 0.3 is 11.9 Å². The van der Waals surface area contributed by atoms with E-state index in [2.05, 4.69) is 23.5 Å². The van der Waals surface area contributed by atoms with E-state index >= 15 is 0 Å². The predicted octanol–water partition coefficient (Wildman–Crippen LogP) is 10.3. The van der Waals surface area contributed by atoms with Crippen LogP contribution in [0.5, 0.6) is 0 Å². The van der Waals surface area contributed by atoms with Crippen LogP contribution in [0.25, 0.3) is 0 Å². The van der Waals surface area contributed by atoms with Gasteiger partial charge in [-0.1, -0.05) is 123 Å². The zero-order valence-electron chi connectivity index (χ0n) is 29.5. The van der Waals surface area contributed by atoms with Crippen LogP contribution in [0.2, 0.25) is 0 Å². The van der Waals surface area contributed by atoms with Gasteiger partial charge in [0.15, 0.2) is 0 Å². The van der Waals surface area contributed by atoms with Crippen molar-refractivity contribution >= 4 is 11.9 Å². The molecule has 0 aromatic carbocycles. The molecule has 0 rings (SSSR count). The van der Waals surface area contributed by atoms with E-state index < -0.39 is 18.3 Å². The van der Waals surface area contributed by atoms with Gasteiger partial charge in [-0.05, 0) is 59.7 Å². The van der Waals surface area contributed by atoms with E-state index in [1.54, 1.807) is 5.06 Å². The lowest BCUT2D eigenvalue weighted by Crippen LogP contribution is -2.41. The van der Waals surface area contributed by atoms with Gasteiger partial charge in [-0.2, -0.15) is 8.78 Å². The molecule has 0 saturated heterocycles. The molecule has 0 N–H and O–H groups in total. The van der Waals surface area contributed by atoms with Crippen molar-refractivity contribution in [1.29, 1.82) is 0 Å². The molecule has 0 radical (unpaired) electrons. The number of halogens is 2. The van der Waals surface area contributed by atoms with Crippen molar-refractivity contribution in [2.24, 2.45) is 0 Å². The van der Waals surface area contributed by atoms with E-state index in [4.69, 9.17) is 4.84 Å². The number of alkyl halides is 2. The third-order valence-corrected chi connectivity index (χ3v) is 8.29. The second-order valence-corrected chi connectivity index (χ2v) is 12.9. The fourth-order valence-corrected chi connectivity index (χ4v) is 5.57. The summed E-state index contributed by atoms with van der Waals surface area (Å²) in [6, 6.07) is 0.00696. The molecule has 0 aromatic rings. The molecular formula is C36H70F2N2O4. The first-order valence-electron chi connectivity index (χ1n) is 18.3. The number of rotatable bonds is 32. The van der Waals surface area contributed by atoms with Crippen LogP contribution in [0.1, 0.15) is 175 Å². The topological polar surface area (TPSA) is 59.1 Å². The van der Waals surface area contributed by atoms with E-state index in [1.165, 1.54) is 77.6 Å². The van der Waals surface area contributed by atoms with Crippen LogP contribution in [0.15, 0.2) is 0 Å². The van der Waals surface area contributed by atoms with Crippen LogP contribution in [-0.4, -0.2) is 67.7 Å². The van der Waals surface area contributed by atoms with Gasteiger partial charge in [-0.25, -0.2) is 9.86 Å². The number of amides is 1. The van der Waals surface area contributed by atoms with Crippen LogP contribution in [0, 0.1) is 0 Å². The van der Waals surface area contributed by atoms with Crippen LogP contribution in [0.3, 0.4) is 0 Å². The Labute approximate surface area is 270 Å². The lowest BCUT2D eigenvalue weighted by atomic mass is 9.99. The molecule has 0 aliphatic heterocycles. The average molecular weight is 633 g/mol. The third-order valence-electron chi connectivity index (χ3n) is 8.29. The number of ether oxygens (including phenoxy) is 1. The fourth-order valence-electron chi connectivity index (χ4n) is 5.57. The van der Waals surface area contributed by atoms with E-state index in [0.717, 1.165) is 64.3 Å². The Morgan fingerprint density at radius 3 is 1.64 bits per heavy atom. The van der Waals surface area contributed by atoms with Crippen LogP contribution < -0.4 is 0 Å². The minimum atomic E-state index is -3.42. The molecule has 1 amide bonds. The summed E-state index contributed by atoms with van der Waals surface area (Å²) in [5, 5.41) is 1.71. The molecule has 1 atom stereocenters. The number of hydrogen-bond donors (Lipinski definition) is 0. The normalized spacial score (nSPS) is 12.5.